The molecule has 2 heterocycles. The maximum absolute atomic E-state index is 10.9. The number of aromatic nitrogens is 2. The predicted octanol–water partition coefficient (Wildman–Crippen LogP) is 2.32. The molecule has 0 bridgehead atoms. The highest BCUT2D eigenvalue weighted by Gasteiger charge is 2.22. The molecule has 1 N–H and O–H groups in total. The second-order valence-corrected chi connectivity index (χ2v) is 6.43. The van der Waals surface area contributed by atoms with Crippen LogP contribution in [0.4, 0.5) is 11.4 Å². The minimum atomic E-state index is -0.402. The van der Waals surface area contributed by atoms with Crippen LogP contribution in [-0.2, 0) is 11.2 Å². The lowest BCUT2D eigenvalue weighted by molar-refractivity contribution is -0.384. The van der Waals surface area contributed by atoms with Gasteiger partial charge in [-0.2, -0.15) is 0 Å². The molecule has 0 saturated carbocycles. The topological polar surface area (TPSA) is 109 Å². The van der Waals surface area contributed by atoms with Gasteiger partial charge >= 0.3 is 0 Å². The summed E-state index contributed by atoms with van der Waals surface area (Å²) in [5.41, 5.74) is 1.36. The van der Waals surface area contributed by atoms with E-state index in [-0.39, 0.29) is 17.1 Å². The molecule has 0 aliphatic carbocycles. The molecular formula is C18H19N4O4. The fourth-order valence-electron chi connectivity index (χ4n) is 3.23. The molecule has 8 heteroatoms. The molecule has 135 valence electrons. The van der Waals surface area contributed by atoms with Crippen LogP contribution >= 0.6 is 0 Å². The molecule has 8 nitrogen and oxygen atoms in total. The minimum Gasteiger partial charge on any atom is -0.504 e. The maximum Gasteiger partial charge on any atom is 0.269 e. The summed E-state index contributed by atoms with van der Waals surface area (Å²) in [5, 5.41) is 20.4. The highest BCUT2D eigenvalue weighted by atomic mass is 16.6. The van der Waals surface area contributed by atoms with Gasteiger partial charge in [-0.25, -0.2) is 9.97 Å². The highest BCUT2D eigenvalue weighted by molar-refractivity contribution is 5.76. The van der Waals surface area contributed by atoms with Crippen molar-refractivity contribution >= 4 is 17.7 Å². The number of aryl methyl sites for hydroxylation is 1. The molecule has 1 aromatic carbocycles. The molecule has 1 aromatic heterocycles. The SMILES string of the molecule is Cc1nc(CC2CCN(c3ccc([N+](=O)[O-])cc3)CC2)nc([C]=O)c1O. The number of nitro benzene ring substituents is 1. The lowest BCUT2D eigenvalue weighted by Crippen LogP contribution is -2.34. The van der Waals surface area contributed by atoms with Crippen LogP contribution in [0.2, 0.25) is 0 Å². The maximum atomic E-state index is 10.9. The van der Waals surface area contributed by atoms with Crippen LogP contribution in [0.25, 0.3) is 0 Å². The van der Waals surface area contributed by atoms with Gasteiger partial charge in [0, 0.05) is 37.3 Å². The van der Waals surface area contributed by atoms with E-state index in [1.54, 1.807) is 25.3 Å². The molecule has 26 heavy (non-hydrogen) atoms. The quantitative estimate of drug-likeness (QED) is 0.647. The second kappa shape index (κ2) is 7.47. The molecule has 1 fully saturated rings. The smallest absolute Gasteiger partial charge is 0.269 e. The van der Waals surface area contributed by atoms with Crippen LogP contribution in [0.5, 0.6) is 5.75 Å². The van der Waals surface area contributed by atoms with Gasteiger partial charge in [-0.1, -0.05) is 0 Å². The Kier molecular flexibility index (Phi) is 5.11. The second-order valence-electron chi connectivity index (χ2n) is 6.43. The van der Waals surface area contributed by atoms with E-state index < -0.39 is 4.92 Å². The van der Waals surface area contributed by atoms with Crippen LogP contribution in [0.1, 0.15) is 30.1 Å². The van der Waals surface area contributed by atoms with Crippen molar-refractivity contribution in [3.05, 3.63) is 51.6 Å². The Bertz CT molecular complexity index is 815. The van der Waals surface area contributed by atoms with Gasteiger partial charge in [0.25, 0.3) is 12.0 Å². The molecule has 0 spiro atoms. The fourth-order valence-corrected chi connectivity index (χ4v) is 3.23. The molecule has 1 aliphatic heterocycles. The van der Waals surface area contributed by atoms with E-state index in [4.69, 9.17) is 0 Å². The van der Waals surface area contributed by atoms with Gasteiger partial charge in [0.1, 0.15) is 5.82 Å². The molecular weight excluding hydrogens is 336 g/mol. The first-order valence-electron chi connectivity index (χ1n) is 8.42. The van der Waals surface area contributed by atoms with Crippen molar-refractivity contribution in [3.8, 4) is 5.75 Å². The highest BCUT2D eigenvalue weighted by Crippen LogP contribution is 2.27. The molecule has 1 radical (unpaired) electrons. The largest absolute Gasteiger partial charge is 0.504 e. The summed E-state index contributed by atoms with van der Waals surface area (Å²) in [7, 11) is 0. The standard InChI is InChI=1S/C18H19N4O4/c1-12-18(24)16(11-23)20-17(19-12)10-13-6-8-21(9-7-13)14-2-4-15(5-3-14)22(25)26/h2-5,13,24H,6-10H2,1H3. The summed E-state index contributed by atoms with van der Waals surface area (Å²) in [6.07, 6.45) is 4.15. The number of non-ortho nitro benzene ring substituents is 1. The lowest BCUT2D eigenvalue weighted by atomic mass is 9.93. The lowest BCUT2D eigenvalue weighted by Gasteiger charge is -2.33. The summed E-state index contributed by atoms with van der Waals surface area (Å²) in [4.78, 5) is 31.8. The van der Waals surface area contributed by atoms with Gasteiger partial charge in [0.2, 0.25) is 0 Å². The number of benzene rings is 1. The zero-order valence-corrected chi connectivity index (χ0v) is 14.4. The van der Waals surface area contributed by atoms with Gasteiger partial charge in [0.05, 0.1) is 10.6 Å². The van der Waals surface area contributed by atoms with Crippen molar-refractivity contribution in [1.29, 1.82) is 0 Å². The van der Waals surface area contributed by atoms with Gasteiger partial charge in [-0.05, 0) is 37.8 Å². The average molecular weight is 355 g/mol. The molecule has 0 amide bonds. The molecule has 1 saturated heterocycles. The number of carbonyl (C=O) groups excluding carboxylic acids is 1. The summed E-state index contributed by atoms with van der Waals surface area (Å²) in [6.45, 7) is 3.32. The van der Waals surface area contributed by atoms with Crippen LogP contribution < -0.4 is 4.90 Å². The fraction of sp³-hybridized carbons (Fsp3) is 0.389. The van der Waals surface area contributed by atoms with Crippen molar-refractivity contribution < 1.29 is 14.8 Å². The predicted molar refractivity (Wildman–Crippen MR) is 95.0 cm³/mol. The van der Waals surface area contributed by atoms with E-state index in [1.165, 1.54) is 12.1 Å². The number of hydrogen-bond acceptors (Lipinski definition) is 7. The van der Waals surface area contributed by atoms with Crippen molar-refractivity contribution in [2.45, 2.75) is 26.2 Å². The average Bonchev–Trinajstić information content (AvgIpc) is 2.65. The third-order valence-electron chi connectivity index (χ3n) is 4.71. The van der Waals surface area contributed by atoms with E-state index in [1.807, 2.05) is 0 Å². The molecule has 1 aliphatic rings. The summed E-state index contributed by atoms with van der Waals surface area (Å²) in [5.74, 6) is 0.719. The molecule has 0 atom stereocenters. The zero-order chi connectivity index (χ0) is 18.7. The third kappa shape index (κ3) is 3.79. The Labute approximate surface area is 150 Å². The number of piperidine rings is 1. The van der Waals surface area contributed by atoms with E-state index in [2.05, 4.69) is 14.9 Å². The van der Waals surface area contributed by atoms with Gasteiger partial charge < -0.3 is 10.0 Å². The van der Waals surface area contributed by atoms with E-state index in [0.717, 1.165) is 31.6 Å². The van der Waals surface area contributed by atoms with E-state index in [9.17, 15) is 20.0 Å². The molecule has 3 rings (SSSR count). The molecule has 2 aromatic rings. The monoisotopic (exact) mass is 355 g/mol. The Balaban J connectivity index is 1.61. The normalized spacial score (nSPS) is 15.0. The van der Waals surface area contributed by atoms with E-state index in [0.29, 0.717) is 23.9 Å². The Morgan fingerprint density at radius 3 is 2.50 bits per heavy atom. The summed E-state index contributed by atoms with van der Waals surface area (Å²) in [6, 6.07) is 6.59. The van der Waals surface area contributed by atoms with Crippen LogP contribution in [0.15, 0.2) is 24.3 Å². The number of aromatic hydroxyl groups is 1. The third-order valence-corrected chi connectivity index (χ3v) is 4.71. The van der Waals surface area contributed by atoms with Crippen LogP contribution in [0.3, 0.4) is 0 Å². The first-order chi connectivity index (χ1) is 12.5. The Morgan fingerprint density at radius 1 is 1.27 bits per heavy atom. The van der Waals surface area contributed by atoms with Crippen molar-refractivity contribution in [2.75, 3.05) is 18.0 Å². The number of hydrogen-bond donors (Lipinski definition) is 1. The zero-order valence-electron chi connectivity index (χ0n) is 14.4. The van der Waals surface area contributed by atoms with Gasteiger partial charge in [-0.3, -0.25) is 14.9 Å². The van der Waals surface area contributed by atoms with E-state index >= 15 is 0 Å². The summed E-state index contributed by atoms with van der Waals surface area (Å²) < 4.78 is 0. The Hall–Kier alpha value is -3.03. The van der Waals surface area contributed by atoms with Crippen LogP contribution in [-0.4, -0.2) is 39.4 Å². The first kappa shape index (κ1) is 17.8. The van der Waals surface area contributed by atoms with Gasteiger partial charge in [0.15, 0.2) is 11.4 Å². The van der Waals surface area contributed by atoms with Crippen molar-refractivity contribution in [3.63, 3.8) is 0 Å². The van der Waals surface area contributed by atoms with Crippen molar-refractivity contribution in [2.24, 2.45) is 5.92 Å². The number of rotatable bonds is 5. The first-order valence-corrected chi connectivity index (χ1v) is 8.42. The Morgan fingerprint density at radius 2 is 1.92 bits per heavy atom. The summed E-state index contributed by atoms with van der Waals surface area (Å²) >= 11 is 0. The molecule has 0 unspecified atom stereocenters. The number of nitro groups is 1. The number of anilines is 1. The van der Waals surface area contributed by atoms with Gasteiger partial charge in [-0.15, -0.1) is 0 Å². The minimum absolute atomic E-state index is 0.0872. The number of nitrogens with zero attached hydrogens (tertiary/aromatic N) is 4. The van der Waals surface area contributed by atoms with Crippen LogP contribution in [0, 0.1) is 23.0 Å². The van der Waals surface area contributed by atoms with Crippen molar-refractivity contribution in [1.82, 2.24) is 9.97 Å².